The van der Waals surface area contributed by atoms with Crippen LogP contribution in [0.3, 0.4) is 0 Å². The maximum atomic E-state index is 12.8. The van der Waals surface area contributed by atoms with E-state index < -0.39 is 6.10 Å². The summed E-state index contributed by atoms with van der Waals surface area (Å²) in [5.41, 5.74) is 1.83. The van der Waals surface area contributed by atoms with Gasteiger partial charge in [-0.15, -0.1) is 0 Å². The second-order valence-electron chi connectivity index (χ2n) is 6.89. The molecule has 6 heteroatoms. The van der Waals surface area contributed by atoms with Crippen LogP contribution in [0.1, 0.15) is 29.3 Å². The molecule has 0 aliphatic carbocycles. The molecule has 0 aliphatic rings. The van der Waals surface area contributed by atoms with Crippen LogP contribution in [0.2, 0.25) is 0 Å². The minimum absolute atomic E-state index is 0.260. The van der Waals surface area contributed by atoms with Crippen molar-refractivity contribution in [2.24, 2.45) is 0 Å². The Morgan fingerprint density at radius 1 is 0.871 bits per heavy atom. The number of rotatable bonds is 9. The first-order valence-electron chi connectivity index (χ1n) is 10.1. The summed E-state index contributed by atoms with van der Waals surface area (Å²) in [7, 11) is 1.59. The molecule has 2 amide bonds. The van der Waals surface area contributed by atoms with Crippen molar-refractivity contribution < 1.29 is 19.1 Å². The molecule has 160 valence electrons. The zero-order chi connectivity index (χ0) is 22.1. The lowest BCUT2D eigenvalue weighted by atomic mass is 10.1. The van der Waals surface area contributed by atoms with E-state index >= 15 is 0 Å². The third-order valence-corrected chi connectivity index (χ3v) is 4.73. The summed E-state index contributed by atoms with van der Waals surface area (Å²) in [5.74, 6) is 0.697. The van der Waals surface area contributed by atoms with Crippen LogP contribution in [-0.2, 0) is 11.3 Å². The van der Waals surface area contributed by atoms with Crippen molar-refractivity contribution in [1.29, 1.82) is 0 Å². The van der Waals surface area contributed by atoms with Crippen molar-refractivity contribution >= 4 is 17.5 Å². The Hall–Kier alpha value is -3.80. The van der Waals surface area contributed by atoms with Crippen molar-refractivity contribution in [3.05, 3.63) is 90.0 Å². The number of anilines is 1. The van der Waals surface area contributed by atoms with Gasteiger partial charge in [0.1, 0.15) is 11.5 Å². The summed E-state index contributed by atoms with van der Waals surface area (Å²) in [4.78, 5) is 25.5. The predicted molar refractivity (Wildman–Crippen MR) is 120 cm³/mol. The molecule has 0 spiro atoms. The molecule has 0 bridgehead atoms. The maximum Gasteiger partial charge on any atom is 0.265 e. The van der Waals surface area contributed by atoms with Crippen LogP contribution in [0.25, 0.3) is 0 Å². The van der Waals surface area contributed by atoms with Gasteiger partial charge in [-0.2, -0.15) is 0 Å². The van der Waals surface area contributed by atoms with Gasteiger partial charge in [-0.25, -0.2) is 0 Å². The smallest absolute Gasteiger partial charge is 0.265 e. The van der Waals surface area contributed by atoms with Gasteiger partial charge in [0.25, 0.3) is 11.8 Å². The summed E-state index contributed by atoms with van der Waals surface area (Å²) in [6, 6.07) is 23.6. The van der Waals surface area contributed by atoms with Crippen LogP contribution in [0.5, 0.6) is 11.5 Å². The van der Waals surface area contributed by atoms with Crippen molar-refractivity contribution in [3.63, 3.8) is 0 Å². The summed E-state index contributed by atoms with van der Waals surface area (Å²) < 4.78 is 11.0. The zero-order valence-electron chi connectivity index (χ0n) is 17.6. The topological polar surface area (TPSA) is 76.7 Å². The monoisotopic (exact) mass is 418 g/mol. The van der Waals surface area contributed by atoms with Crippen LogP contribution in [-0.4, -0.2) is 25.0 Å². The highest BCUT2D eigenvalue weighted by Gasteiger charge is 2.21. The molecule has 1 atom stereocenters. The standard InChI is InChI=1S/C25H26N2O4/c1-3-23(31-20-15-13-19(30-2)14-16-20)25(29)27-22-12-8-7-11-21(22)24(28)26-17-18-9-5-4-6-10-18/h4-16,23H,3,17H2,1-2H3,(H,26,28)(H,27,29). The number of benzene rings is 3. The second kappa shape index (κ2) is 10.8. The fourth-order valence-corrected chi connectivity index (χ4v) is 3.02. The third kappa shape index (κ3) is 6.09. The average Bonchev–Trinajstić information content (AvgIpc) is 2.82. The van der Waals surface area contributed by atoms with Crippen molar-refractivity contribution in [3.8, 4) is 11.5 Å². The van der Waals surface area contributed by atoms with Gasteiger partial charge in [-0.1, -0.05) is 49.4 Å². The molecule has 3 rings (SSSR count). The van der Waals surface area contributed by atoms with E-state index in [1.165, 1.54) is 0 Å². The number of para-hydroxylation sites is 1. The van der Waals surface area contributed by atoms with Gasteiger partial charge in [-0.3, -0.25) is 9.59 Å². The second-order valence-corrected chi connectivity index (χ2v) is 6.89. The van der Waals surface area contributed by atoms with Gasteiger partial charge in [0.15, 0.2) is 6.10 Å². The summed E-state index contributed by atoms with van der Waals surface area (Å²) in [5, 5.41) is 5.72. The highest BCUT2D eigenvalue weighted by atomic mass is 16.5. The Morgan fingerprint density at radius 2 is 1.52 bits per heavy atom. The number of carbonyl (C=O) groups is 2. The van der Waals surface area contributed by atoms with Crippen molar-refractivity contribution in [1.82, 2.24) is 5.32 Å². The Morgan fingerprint density at radius 3 is 2.19 bits per heavy atom. The Balaban J connectivity index is 1.66. The maximum absolute atomic E-state index is 12.8. The van der Waals surface area contributed by atoms with Gasteiger partial charge in [0, 0.05) is 6.54 Å². The quantitative estimate of drug-likeness (QED) is 0.539. The lowest BCUT2D eigenvalue weighted by molar-refractivity contribution is -0.122. The minimum Gasteiger partial charge on any atom is -0.497 e. The highest BCUT2D eigenvalue weighted by molar-refractivity contribution is 6.04. The summed E-state index contributed by atoms with van der Waals surface area (Å²) in [6.45, 7) is 2.27. The number of methoxy groups -OCH3 is 1. The first-order chi connectivity index (χ1) is 15.1. The van der Waals surface area contributed by atoms with E-state index in [9.17, 15) is 9.59 Å². The molecule has 6 nitrogen and oxygen atoms in total. The van der Waals surface area contributed by atoms with Gasteiger partial charge in [0.2, 0.25) is 0 Å². The lowest BCUT2D eigenvalue weighted by Gasteiger charge is -2.18. The SMILES string of the molecule is CCC(Oc1ccc(OC)cc1)C(=O)Nc1ccccc1C(=O)NCc1ccccc1. The molecule has 3 aromatic carbocycles. The van der Waals surface area contributed by atoms with E-state index in [0.717, 1.165) is 5.56 Å². The zero-order valence-corrected chi connectivity index (χ0v) is 17.6. The number of carbonyl (C=O) groups excluding carboxylic acids is 2. The van der Waals surface area contributed by atoms with E-state index in [4.69, 9.17) is 9.47 Å². The number of hydrogen-bond acceptors (Lipinski definition) is 4. The molecule has 0 fully saturated rings. The lowest BCUT2D eigenvalue weighted by Crippen LogP contribution is -2.33. The first kappa shape index (κ1) is 21.9. The van der Waals surface area contributed by atoms with Crippen LogP contribution in [0.4, 0.5) is 5.69 Å². The van der Waals surface area contributed by atoms with Gasteiger partial charge in [0.05, 0.1) is 18.4 Å². The average molecular weight is 418 g/mol. The minimum atomic E-state index is -0.700. The van der Waals surface area contributed by atoms with E-state index in [0.29, 0.717) is 35.7 Å². The fourth-order valence-electron chi connectivity index (χ4n) is 3.02. The number of hydrogen-bond donors (Lipinski definition) is 2. The van der Waals surface area contributed by atoms with E-state index in [-0.39, 0.29) is 11.8 Å². The molecule has 3 aromatic rings. The molecule has 2 N–H and O–H groups in total. The van der Waals surface area contributed by atoms with Gasteiger partial charge in [-0.05, 0) is 48.4 Å². The van der Waals surface area contributed by atoms with Gasteiger partial charge >= 0.3 is 0 Å². The van der Waals surface area contributed by atoms with E-state index in [1.807, 2.05) is 37.3 Å². The molecular weight excluding hydrogens is 392 g/mol. The van der Waals surface area contributed by atoms with Crippen LogP contribution in [0.15, 0.2) is 78.9 Å². The largest absolute Gasteiger partial charge is 0.497 e. The summed E-state index contributed by atoms with van der Waals surface area (Å²) in [6.07, 6.45) is -0.228. The normalized spacial score (nSPS) is 11.3. The summed E-state index contributed by atoms with van der Waals surface area (Å²) >= 11 is 0. The highest BCUT2D eigenvalue weighted by Crippen LogP contribution is 2.21. The molecule has 0 saturated heterocycles. The molecule has 0 aromatic heterocycles. The fraction of sp³-hybridized carbons (Fsp3) is 0.200. The molecule has 0 heterocycles. The van der Waals surface area contributed by atoms with Crippen molar-refractivity contribution in [2.45, 2.75) is 26.0 Å². The molecule has 1 unspecified atom stereocenters. The molecule has 31 heavy (non-hydrogen) atoms. The molecule has 0 saturated carbocycles. The first-order valence-corrected chi connectivity index (χ1v) is 10.1. The number of ether oxygens (including phenoxy) is 2. The van der Waals surface area contributed by atoms with E-state index in [1.54, 1.807) is 55.6 Å². The third-order valence-electron chi connectivity index (χ3n) is 4.73. The number of nitrogens with one attached hydrogen (secondary N) is 2. The molecular formula is C25H26N2O4. The van der Waals surface area contributed by atoms with Crippen LogP contribution >= 0.6 is 0 Å². The Labute approximate surface area is 182 Å². The van der Waals surface area contributed by atoms with Crippen molar-refractivity contribution in [2.75, 3.05) is 12.4 Å². The van der Waals surface area contributed by atoms with Crippen LogP contribution < -0.4 is 20.1 Å². The van der Waals surface area contributed by atoms with Crippen LogP contribution in [0, 0.1) is 0 Å². The van der Waals surface area contributed by atoms with Gasteiger partial charge < -0.3 is 20.1 Å². The predicted octanol–water partition coefficient (Wildman–Crippen LogP) is 4.42. The van der Waals surface area contributed by atoms with E-state index in [2.05, 4.69) is 10.6 Å². The number of amides is 2. The molecule has 0 radical (unpaired) electrons. The Bertz CT molecular complexity index is 1000. The Kier molecular flexibility index (Phi) is 7.65. The molecule has 0 aliphatic heterocycles.